The van der Waals surface area contributed by atoms with Gasteiger partial charge in [-0.2, -0.15) is 0 Å². The Morgan fingerprint density at radius 2 is 0.830 bits per heavy atom. The molecule has 0 aliphatic heterocycles. The molecule has 0 spiro atoms. The van der Waals surface area contributed by atoms with E-state index in [2.05, 4.69) is 138 Å². The van der Waals surface area contributed by atoms with Crippen molar-refractivity contribution >= 4 is 32.6 Å². The number of aromatic nitrogens is 4. The molecule has 0 unspecified atom stereocenters. The molecule has 0 N–H and O–H groups in total. The summed E-state index contributed by atoms with van der Waals surface area (Å²) in [6, 6.07) is 59.2. The smallest absolute Gasteiger partial charge is 0.164 e. The van der Waals surface area contributed by atoms with E-state index in [4.69, 9.17) is 15.0 Å². The highest BCUT2D eigenvalue weighted by molar-refractivity contribution is 6.21. The monoisotopic (exact) mass is 600 g/mol. The maximum absolute atomic E-state index is 5.09. The van der Waals surface area contributed by atoms with Gasteiger partial charge in [0.2, 0.25) is 0 Å². The van der Waals surface area contributed by atoms with Gasteiger partial charge in [-0.15, -0.1) is 0 Å². The van der Waals surface area contributed by atoms with Gasteiger partial charge in [-0.3, -0.25) is 0 Å². The van der Waals surface area contributed by atoms with Crippen molar-refractivity contribution in [1.29, 1.82) is 0 Å². The Morgan fingerprint density at radius 3 is 1.53 bits per heavy atom. The van der Waals surface area contributed by atoms with Crippen LogP contribution in [0.15, 0.2) is 170 Å². The summed E-state index contributed by atoms with van der Waals surface area (Å²) in [5.41, 5.74) is 8.60. The zero-order valence-corrected chi connectivity index (χ0v) is 25.5. The summed E-state index contributed by atoms with van der Waals surface area (Å²) in [4.78, 5) is 15.1. The van der Waals surface area contributed by atoms with Gasteiger partial charge in [0.05, 0.1) is 11.0 Å². The van der Waals surface area contributed by atoms with Crippen molar-refractivity contribution in [2.24, 2.45) is 0 Å². The van der Waals surface area contributed by atoms with Crippen molar-refractivity contribution in [3.63, 3.8) is 0 Å². The average molecular weight is 601 g/mol. The van der Waals surface area contributed by atoms with E-state index in [1.54, 1.807) is 0 Å². The standard InChI is InChI=1S/C43H28N4/c1-4-12-29(13-5-1)30-20-22-33(23-21-30)42-44-41(32-15-6-2-7-16-32)45-43(46-42)34-25-26-38-37(28-34)40-36-19-11-10-14-31(36)24-27-39(40)47(38)35-17-8-3-9-18-35/h1-28H. The van der Waals surface area contributed by atoms with Crippen molar-refractivity contribution in [2.75, 3.05) is 0 Å². The second-order valence-electron chi connectivity index (χ2n) is 11.7. The summed E-state index contributed by atoms with van der Waals surface area (Å²) in [5.74, 6) is 1.93. The highest BCUT2D eigenvalue weighted by atomic mass is 15.0. The molecule has 9 aromatic rings. The van der Waals surface area contributed by atoms with Crippen molar-refractivity contribution in [3.05, 3.63) is 170 Å². The first-order valence-corrected chi connectivity index (χ1v) is 15.8. The van der Waals surface area contributed by atoms with Crippen LogP contribution in [-0.2, 0) is 0 Å². The minimum absolute atomic E-state index is 0.642. The van der Waals surface area contributed by atoms with E-state index >= 15 is 0 Å². The number of fused-ring (bicyclic) bond motifs is 5. The topological polar surface area (TPSA) is 43.6 Å². The van der Waals surface area contributed by atoms with Gasteiger partial charge in [0.15, 0.2) is 17.5 Å². The Labute approximate surface area is 272 Å². The number of nitrogens with zero attached hydrogens (tertiary/aromatic N) is 4. The molecule has 4 nitrogen and oxygen atoms in total. The predicted octanol–water partition coefficient (Wildman–Crippen LogP) is 10.8. The van der Waals surface area contributed by atoms with Crippen molar-refractivity contribution in [2.45, 2.75) is 0 Å². The lowest BCUT2D eigenvalue weighted by Gasteiger charge is -2.10. The molecular weight excluding hydrogens is 573 g/mol. The van der Waals surface area contributed by atoms with Crippen LogP contribution in [0.2, 0.25) is 0 Å². The fraction of sp³-hybridized carbons (Fsp3) is 0. The predicted molar refractivity (Wildman–Crippen MR) is 193 cm³/mol. The summed E-state index contributed by atoms with van der Waals surface area (Å²) in [6.45, 7) is 0. The summed E-state index contributed by atoms with van der Waals surface area (Å²) >= 11 is 0. The van der Waals surface area contributed by atoms with Crippen LogP contribution in [-0.4, -0.2) is 19.5 Å². The minimum Gasteiger partial charge on any atom is -0.309 e. The summed E-state index contributed by atoms with van der Waals surface area (Å²) < 4.78 is 2.35. The third-order valence-corrected chi connectivity index (χ3v) is 8.84. The minimum atomic E-state index is 0.642. The molecule has 0 aliphatic rings. The third-order valence-electron chi connectivity index (χ3n) is 8.84. The van der Waals surface area contributed by atoms with Crippen molar-refractivity contribution in [3.8, 4) is 51.0 Å². The summed E-state index contributed by atoms with van der Waals surface area (Å²) in [6.07, 6.45) is 0. The third kappa shape index (κ3) is 4.75. The van der Waals surface area contributed by atoms with E-state index in [1.807, 2.05) is 36.4 Å². The Morgan fingerprint density at radius 1 is 0.340 bits per heavy atom. The molecule has 0 saturated heterocycles. The van der Waals surface area contributed by atoms with Crippen molar-refractivity contribution < 1.29 is 0 Å². The molecular formula is C43H28N4. The second-order valence-corrected chi connectivity index (χ2v) is 11.7. The molecule has 2 aromatic heterocycles. The Kier molecular flexibility index (Phi) is 6.43. The molecule has 0 fully saturated rings. The molecule has 0 saturated carbocycles. The van der Waals surface area contributed by atoms with Crippen LogP contribution in [0.25, 0.3) is 83.6 Å². The number of hydrogen-bond acceptors (Lipinski definition) is 3. The summed E-state index contributed by atoms with van der Waals surface area (Å²) in [7, 11) is 0. The number of hydrogen-bond donors (Lipinski definition) is 0. The molecule has 0 aliphatic carbocycles. The normalized spacial score (nSPS) is 11.4. The second kappa shape index (κ2) is 11.2. The highest BCUT2D eigenvalue weighted by Gasteiger charge is 2.18. The van der Waals surface area contributed by atoms with Gasteiger partial charge >= 0.3 is 0 Å². The number of para-hydroxylation sites is 1. The lowest BCUT2D eigenvalue weighted by molar-refractivity contribution is 1.07. The average Bonchev–Trinajstić information content (AvgIpc) is 3.50. The zero-order valence-electron chi connectivity index (χ0n) is 25.5. The highest BCUT2D eigenvalue weighted by Crippen LogP contribution is 2.38. The maximum Gasteiger partial charge on any atom is 0.164 e. The van der Waals surface area contributed by atoms with E-state index in [0.29, 0.717) is 17.5 Å². The van der Waals surface area contributed by atoms with Gasteiger partial charge in [-0.25, -0.2) is 15.0 Å². The number of benzene rings is 7. The van der Waals surface area contributed by atoms with Crippen LogP contribution in [0, 0.1) is 0 Å². The molecule has 220 valence electrons. The van der Waals surface area contributed by atoms with E-state index < -0.39 is 0 Å². The first-order valence-electron chi connectivity index (χ1n) is 15.8. The fourth-order valence-electron chi connectivity index (χ4n) is 6.58. The van der Waals surface area contributed by atoms with E-state index in [0.717, 1.165) is 38.8 Å². The zero-order chi connectivity index (χ0) is 31.2. The van der Waals surface area contributed by atoms with Gasteiger partial charge in [0.1, 0.15) is 0 Å². The van der Waals surface area contributed by atoms with E-state index in [-0.39, 0.29) is 0 Å². The Bertz CT molecular complexity index is 2540. The molecule has 0 bridgehead atoms. The molecule has 47 heavy (non-hydrogen) atoms. The van der Waals surface area contributed by atoms with Crippen LogP contribution < -0.4 is 0 Å². The lowest BCUT2D eigenvalue weighted by atomic mass is 10.0. The van der Waals surface area contributed by atoms with E-state index in [9.17, 15) is 0 Å². The summed E-state index contributed by atoms with van der Waals surface area (Å²) in [5, 5.41) is 4.82. The maximum atomic E-state index is 5.09. The lowest BCUT2D eigenvalue weighted by Crippen LogP contribution is -2.00. The molecule has 9 rings (SSSR count). The molecule has 7 aromatic carbocycles. The van der Waals surface area contributed by atoms with Crippen LogP contribution in [0.1, 0.15) is 0 Å². The first-order chi connectivity index (χ1) is 23.3. The molecule has 0 radical (unpaired) electrons. The molecule has 4 heteroatoms. The largest absolute Gasteiger partial charge is 0.309 e. The van der Waals surface area contributed by atoms with Gasteiger partial charge in [0.25, 0.3) is 0 Å². The Balaban J connectivity index is 1.26. The SMILES string of the molecule is c1ccc(-c2ccc(-c3nc(-c4ccccc4)nc(-c4ccc5c(c4)c4c6ccccc6ccc4n5-c4ccccc4)n3)cc2)cc1. The van der Waals surface area contributed by atoms with Gasteiger partial charge in [-0.05, 0) is 58.3 Å². The fourth-order valence-corrected chi connectivity index (χ4v) is 6.58. The van der Waals surface area contributed by atoms with Gasteiger partial charge < -0.3 is 4.57 Å². The van der Waals surface area contributed by atoms with Gasteiger partial charge in [0, 0.05) is 33.2 Å². The van der Waals surface area contributed by atoms with Crippen molar-refractivity contribution in [1.82, 2.24) is 19.5 Å². The molecule has 0 amide bonds. The number of rotatable bonds is 5. The first kappa shape index (κ1) is 27.0. The van der Waals surface area contributed by atoms with E-state index in [1.165, 1.54) is 27.2 Å². The van der Waals surface area contributed by atoms with Crippen LogP contribution in [0.4, 0.5) is 0 Å². The molecule has 2 heterocycles. The molecule has 0 atom stereocenters. The quantitative estimate of drug-likeness (QED) is 0.197. The van der Waals surface area contributed by atoms with Crippen LogP contribution >= 0.6 is 0 Å². The van der Waals surface area contributed by atoms with Gasteiger partial charge in [-0.1, -0.05) is 133 Å². The Hall–Kier alpha value is -6.39. The van der Waals surface area contributed by atoms with Crippen LogP contribution in [0.3, 0.4) is 0 Å². The van der Waals surface area contributed by atoms with Crippen LogP contribution in [0.5, 0.6) is 0 Å².